The Kier molecular flexibility index (Phi) is 14.2. The van der Waals surface area contributed by atoms with Crippen LogP contribution in [0.15, 0.2) is 77.0 Å². The number of carbonyl (C=O) groups is 2. The van der Waals surface area contributed by atoms with E-state index in [1.54, 1.807) is 27.9 Å². The quantitative estimate of drug-likeness (QED) is 0.0848. The molecule has 0 unspecified atom stereocenters. The topological polar surface area (TPSA) is 201 Å². The van der Waals surface area contributed by atoms with Gasteiger partial charge < -0.3 is 45.2 Å². The maximum Gasteiger partial charge on any atom is 0.243 e. The number of hydrogen-bond acceptors (Lipinski definition) is 14. The van der Waals surface area contributed by atoms with Crippen LogP contribution in [0.4, 0.5) is 11.6 Å². The molecule has 4 fully saturated rings. The number of phenols is 1. The summed E-state index contributed by atoms with van der Waals surface area (Å²) in [4.78, 5) is 49.0. The highest BCUT2D eigenvalue weighted by molar-refractivity contribution is 7.13. The molecular formula is C54H64N10O6S. The molecular weight excluding hydrogens is 917 g/mol. The van der Waals surface area contributed by atoms with Crippen LogP contribution < -0.4 is 16.0 Å². The number of phenolic OH excluding ortho intramolecular Hbond substituents is 1. The molecule has 4 atom stereocenters. The van der Waals surface area contributed by atoms with E-state index >= 15 is 0 Å². The Bertz CT molecular complexity index is 2900. The van der Waals surface area contributed by atoms with E-state index in [2.05, 4.69) is 47.1 Å². The predicted octanol–water partition coefficient (Wildman–Crippen LogP) is 7.21. The van der Waals surface area contributed by atoms with Gasteiger partial charge in [0, 0.05) is 75.6 Å². The van der Waals surface area contributed by atoms with E-state index in [1.807, 2.05) is 88.1 Å². The van der Waals surface area contributed by atoms with Crippen LogP contribution in [0, 0.1) is 36.5 Å². The van der Waals surface area contributed by atoms with Gasteiger partial charge in [-0.15, -0.1) is 11.3 Å². The number of nitrogens with one attached hydrogen (secondary N) is 1. The van der Waals surface area contributed by atoms with Crippen LogP contribution in [0.5, 0.6) is 5.75 Å². The summed E-state index contributed by atoms with van der Waals surface area (Å²) in [7, 11) is 0. The number of nitrogens with zero attached hydrogens (tertiary/aromatic N) is 8. The molecule has 7 heterocycles. The van der Waals surface area contributed by atoms with E-state index in [9.17, 15) is 19.8 Å². The first-order valence-corrected chi connectivity index (χ1v) is 26.0. The Morgan fingerprint density at radius 2 is 1.73 bits per heavy atom. The molecule has 10 rings (SSSR count). The van der Waals surface area contributed by atoms with Crippen LogP contribution in [-0.2, 0) is 14.3 Å². The van der Waals surface area contributed by atoms with Crippen molar-refractivity contribution in [3.8, 4) is 39.3 Å². The number of fused-ring (bicyclic) bond motifs is 1. The molecule has 6 aromatic rings. The van der Waals surface area contributed by atoms with E-state index in [0.29, 0.717) is 40.1 Å². The minimum atomic E-state index is -0.801. The highest BCUT2D eigenvalue weighted by Crippen LogP contribution is 2.36. The third-order valence-electron chi connectivity index (χ3n) is 14.9. The van der Waals surface area contributed by atoms with Crippen molar-refractivity contribution >= 4 is 40.6 Å². The molecule has 3 saturated heterocycles. The normalized spacial score (nSPS) is 22.1. The van der Waals surface area contributed by atoms with Gasteiger partial charge in [-0.3, -0.25) is 14.0 Å². The Labute approximate surface area is 418 Å². The zero-order valence-corrected chi connectivity index (χ0v) is 41.7. The SMILES string of the molecule is Cc1ncsc1-c1ccc([C@H](C)NC(=O)[C@@H]2C[C@@H](O)CN2C(=O)[C@@H](c2cc(N3CCC(CN4CCC(OC5CC(C#Cc6cn7cc(-c8ccccc8O)nc7nc6N)C5)CC4)CC3)no2)C(C)C)cc1. The summed E-state index contributed by atoms with van der Waals surface area (Å²) in [6.45, 7) is 12.8. The van der Waals surface area contributed by atoms with Crippen molar-refractivity contribution in [2.24, 2.45) is 17.8 Å². The Morgan fingerprint density at radius 3 is 2.45 bits per heavy atom. The first kappa shape index (κ1) is 48.3. The zero-order chi connectivity index (χ0) is 49.3. The third kappa shape index (κ3) is 10.7. The molecule has 5 N–H and O–H groups in total. The van der Waals surface area contributed by atoms with Crippen LogP contribution in [0.1, 0.15) is 100 Å². The summed E-state index contributed by atoms with van der Waals surface area (Å²) in [5, 5.41) is 28.6. The lowest BCUT2D eigenvalue weighted by Gasteiger charge is -2.40. The number of aliphatic hydroxyl groups is 1. The number of thiazole rings is 1. The number of rotatable bonds is 13. The number of aryl methyl sites for hydroxylation is 1. The van der Waals surface area contributed by atoms with Gasteiger partial charge in [-0.05, 0) is 87.5 Å². The van der Waals surface area contributed by atoms with Crippen molar-refractivity contribution in [2.75, 3.05) is 49.9 Å². The molecule has 3 aliphatic heterocycles. The Balaban J connectivity index is 0.657. The minimum absolute atomic E-state index is 0.0848. The van der Waals surface area contributed by atoms with Crippen LogP contribution >= 0.6 is 11.3 Å². The van der Waals surface area contributed by atoms with Crippen molar-refractivity contribution < 1.29 is 29.1 Å². The minimum Gasteiger partial charge on any atom is -0.507 e. The number of aliphatic hydroxyl groups excluding tert-OH is 1. The van der Waals surface area contributed by atoms with Crippen molar-refractivity contribution in [1.29, 1.82) is 0 Å². The van der Waals surface area contributed by atoms with Gasteiger partial charge in [0.2, 0.25) is 17.6 Å². The molecule has 2 amide bonds. The number of amides is 2. The summed E-state index contributed by atoms with van der Waals surface area (Å²) in [6, 6.07) is 16.0. The van der Waals surface area contributed by atoms with Crippen LogP contribution in [-0.4, -0.2) is 120 Å². The number of anilines is 2. The largest absolute Gasteiger partial charge is 0.507 e. The number of nitrogen functional groups attached to an aromatic ring is 1. The van der Waals surface area contributed by atoms with Gasteiger partial charge in [-0.2, -0.15) is 4.98 Å². The molecule has 0 radical (unpaired) electrons. The fourth-order valence-electron chi connectivity index (χ4n) is 10.7. The van der Waals surface area contributed by atoms with Gasteiger partial charge in [0.05, 0.1) is 51.7 Å². The fourth-order valence-corrected chi connectivity index (χ4v) is 11.5. The van der Waals surface area contributed by atoms with Crippen molar-refractivity contribution in [3.63, 3.8) is 0 Å². The molecule has 16 nitrogen and oxygen atoms in total. The molecule has 4 aromatic heterocycles. The van der Waals surface area contributed by atoms with Gasteiger partial charge in [-0.1, -0.05) is 67.2 Å². The lowest BCUT2D eigenvalue weighted by atomic mass is 9.82. The number of aromatic hydroxyl groups is 1. The van der Waals surface area contributed by atoms with Crippen molar-refractivity contribution in [1.82, 2.24) is 39.6 Å². The highest BCUT2D eigenvalue weighted by Gasteiger charge is 2.44. The van der Waals surface area contributed by atoms with Crippen LogP contribution in [0.25, 0.3) is 27.5 Å². The Morgan fingerprint density at radius 1 is 0.972 bits per heavy atom. The predicted molar refractivity (Wildman–Crippen MR) is 272 cm³/mol. The highest BCUT2D eigenvalue weighted by atomic mass is 32.1. The first-order chi connectivity index (χ1) is 34.3. The number of imidazole rings is 1. The average molecular weight is 981 g/mol. The van der Waals surface area contributed by atoms with Gasteiger partial charge >= 0.3 is 0 Å². The molecule has 1 saturated carbocycles. The summed E-state index contributed by atoms with van der Waals surface area (Å²) in [5.41, 5.74) is 13.0. The summed E-state index contributed by atoms with van der Waals surface area (Å²) >= 11 is 1.60. The number of hydrogen-bond donors (Lipinski definition) is 4. The van der Waals surface area contributed by atoms with Crippen molar-refractivity contribution in [2.45, 2.75) is 109 Å². The van der Waals surface area contributed by atoms with E-state index in [4.69, 9.17) is 15.0 Å². The molecule has 4 aliphatic rings. The second-order valence-corrected chi connectivity index (χ2v) is 21.2. The van der Waals surface area contributed by atoms with Crippen LogP contribution in [0.2, 0.25) is 0 Å². The van der Waals surface area contributed by atoms with Gasteiger partial charge in [0.1, 0.15) is 23.5 Å². The number of benzene rings is 2. The summed E-state index contributed by atoms with van der Waals surface area (Å²) in [6.07, 6.45) is 9.53. The fraction of sp³-hybridized carbons (Fsp3) is 0.481. The number of nitrogens with two attached hydrogens (primary N) is 1. The Hall–Kier alpha value is -6.32. The number of ether oxygens (including phenoxy) is 1. The number of carbonyl (C=O) groups excluding carboxylic acids is 2. The van der Waals surface area contributed by atoms with E-state index in [0.717, 1.165) is 98.8 Å². The molecule has 1 aliphatic carbocycles. The number of piperidine rings is 2. The molecule has 0 bridgehead atoms. The van der Waals surface area contributed by atoms with Gasteiger partial charge in [0.15, 0.2) is 11.6 Å². The molecule has 0 spiro atoms. The number of para-hydroxylation sites is 1. The molecule has 71 heavy (non-hydrogen) atoms. The summed E-state index contributed by atoms with van der Waals surface area (Å²) in [5.74, 6) is 8.34. The van der Waals surface area contributed by atoms with Crippen LogP contribution in [0.3, 0.4) is 0 Å². The maximum atomic E-state index is 14.3. The lowest BCUT2D eigenvalue weighted by molar-refractivity contribution is -0.141. The number of likely N-dealkylation sites (tertiary alicyclic amines) is 2. The molecule has 2 aromatic carbocycles. The smallest absolute Gasteiger partial charge is 0.243 e. The average Bonchev–Trinajstić information content (AvgIpc) is 4.18. The number of β-amino-alcohol motifs (C(OH)–C–C–N with tert-alkyl or cyclic N) is 1. The second kappa shape index (κ2) is 20.8. The summed E-state index contributed by atoms with van der Waals surface area (Å²) < 4.78 is 14.3. The monoisotopic (exact) mass is 980 g/mol. The third-order valence-corrected chi connectivity index (χ3v) is 15.9. The maximum absolute atomic E-state index is 14.3. The lowest BCUT2D eigenvalue weighted by Crippen LogP contribution is -2.48. The standard InChI is InChI=1S/C54H64N10O6S/c1-32(2)49(53(68)64-29-40(65)25-45(64)52(67)57-33(3)37-11-13-38(14-12-37)50-34(4)56-31-71-50)47-26-48(60-70-47)62-21-15-35(16-22-62)27-61-19-17-41(18-20-61)69-42-23-36(24-42)9-10-39-28-63-30-44(58-54(63)59-51(39)55)43-7-5-6-8-46(43)66/h5-8,11-14,26,28,30-33,35-36,40-42,45,49,65-66H,15-25,27,29H2,1-4H3,(H,57,67)(H2,55,58,59)/t33-,36?,40+,42?,45-,49+/m0/s1. The first-order valence-electron chi connectivity index (χ1n) is 25.2. The van der Waals surface area contributed by atoms with E-state index < -0.39 is 18.1 Å². The van der Waals surface area contributed by atoms with Gasteiger partial charge in [0.25, 0.3) is 0 Å². The molecule has 17 heteroatoms. The second-order valence-electron chi connectivity index (χ2n) is 20.3. The van der Waals surface area contributed by atoms with Crippen molar-refractivity contribution in [3.05, 3.63) is 95.1 Å². The zero-order valence-electron chi connectivity index (χ0n) is 40.9. The van der Waals surface area contributed by atoms with E-state index in [1.165, 1.54) is 4.90 Å². The van der Waals surface area contributed by atoms with Gasteiger partial charge in [-0.25, -0.2) is 9.97 Å². The number of aromatic nitrogens is 5. The molecule has 372 valence electrons. The van der Waals surface area contributed by atoms with E-state index in [-0.39, 0.29) is 60.6 Å².